The topological polar surface area (TPSA) is 64.8 Å². The van der Waals surface area contributed by atoms with Gasteiger partial charge in [0.25, 0.3) is 5.91 Å². The molecule has 0 spiro atoms. The van der Waals surface area contributed by atoms with Gasteiger partial charge in [0.15, 0.2) is 6.61 Å². The second-order valence-corrected chi connectivity index (χ2v) is 5.24. The van der Waals surface area contributed by atoms with Gasteiger partial charge < -0.3 is 20.1 Å². The Morgan fingerprint density at radius 2 is 2.30 bits per heavy atom. The number of ether oxygens (including phenoxy) is 2. The molecule has 0 aromatic heterocycles. The Hall–Kier alpha value is -1.75. The molecule has 1 aliphatic rings. The lowest BCUT2D eigenvalue weighted by atomic mass is 9.96. The number of anilines is 1. The maximum atomic E-state index is 12.1. The number of benzene rings is 1. The fourth-order valence-corrected chi connectivity index (χ4v) is 2.41. The van der Waals surface area contributed by atoms with Crippen molar-refractivity contribution in [2.75, 3.05) is 32.5 Å². The average molecular weight is 278 g/mol. The van der Waals surface area contributed by atoms with Crippen molar-refractivity contribution >= 4 is 11.6 Å². The summed E-state index contributed by atoms with van der Waals surface area (Å²) in [5.74, 6) is 1.09. The number of methoxy groups -OCH3 is 1. The minimum Gasteiger partial charge on any atom is -0.484 e. The summed E-state index contributed by atoms with van der Waals surface area (Å²) in [6.45, 7) is 3.59. The molecule has 1 fully saturated rings. The second kappa shape index (κ2) is 6.61. The van der Waals surface area contributed by atoms with Gasteiger partial charge in [0, 0.05) is 32.0 Å². The van der Waals surface area contributed by atoms with E-state index in [9.17, 15) is 4.79 Å². The van der Waals surface area contributed by atoms with E-state index in [-0.39, 0.29) is 18.6 Å². The first-order valence-corrected chi connectivity index (χ1v) is 6.89. The predicted octanol–water partition coefficient (Wildman–Crippen LogP) is 1.53. The van der Waals surface area contributed by atoms with Gasteiger partial charge in [-0.3, -0.25) is 4.79 Å². The summed E-state index contributed by atoms with van der Waals surface area (Å²) in [4.78, 5) is 13.9. The molecular weight excluding hydrogens is 256 g/mol. The third-order valence-corrected chi connectivity index (χ3v) is 3.77. The molecule has 20 heavy (non-hydrogen) atoms. The summed E-state index contributed by atoms with van der Waals surface area (Å²) in [6.07, 6.45) is 1.07. The second-order valence-electron chi connectivity index (χ2n) is 5.24. The molecule has 110 valence electrons. The molecule has 1 aromatic rings. The largest absolute Gasteiger partial charge is 0.484 e. The molecule has 1 aliphatic heterocycles. The van der Waals surface area contributed by atoms with Crippen LogP contribution in [-0.4, -0.2) is 43.7 Å². The maximum absolute atomic E-state index is 12.1. The number of hydrogen-bond donors (Lipinski definition) is 1. The molecule has 5 nitrogen and oxygen atoms in total. The minimum atomic E-state index is -0.0126. The Morgan fingerprint density at radius 1 is 1.50 bits per heavy atom. The van der Waals surface area contributed by atoms with Crippen LogP contribution >= 0.6 is 0 Å². The van der Waals surface area contributed by atoms with Crippen LogP contribution in [0.4, 0.5) is 5.69 Å². The van der Waals surface area contributed by atoms with Gasteiger partial charge in [-0.1, -0.05) is 13.0 Å². The van der Waals surface area contributed by atoms with E-state index in [0.717, 1.165) is 13.0 Å². The van der Waals surface area contributed by atoms with Gasteiger partial charge in [0.1, 0.15) is 5.75 Å². The van der Waals surface area contributed by atoms with E-state index in [2.05, 4.69) is 6.92 Å². The zero-order valence-electron chi connectivity index (χ0n) is 12.0. The first-order chi connectivity index (χ1) is 9.60. The van der Waals surface area contributed by atoms with Crippen molar-refractivity contribution in [3.8, 4) is 5.75 Å². The van der Waals surface area contributed by atoms with Crippen molar-refractivity contribution in [2.45, 2.75) is 19.4 Å². The maximum Gasteiger partial charge on any atom is 0.260 e. The van der Waals surface area contributed by atoms with E-state index in [1.54, 1.807) is 36.3 Å². The predicted molar refractivity (Wildman–Crippen MR) is 77.5 cm³/mol. The lowest BCUT2D eigenvalue weighted by Crippen LogP contribution is -2.48. The van der Waals surface area contributed by atoms with Gasteiger partial charge >= 0.3 is 0 Å². The highest BCUT2D eigenvalue weighted by atomic mass is 16.5. The fourth-order valence-electron chi connectivity index (χ4n) is 2.41. The Morgan fingerprint density at radius 3 is 3.00 bits per heavy atom. The summed E-state index contributed by atoms with van der Waals surface area (Å²) in [6, 6.07) is 7.09. The van der Waals surface area contributed by atoms with Crippen molar-refractivity contribution < 1.29 is 14.3 Å². The molecule has 0 radical (unpaired) electrons. The number of carbonyl (C=O) groups is 1. The third-order valence-electron chi connectivity index (χ3n) is 3.77. The van der Waals surface area contributed by atoms with Crippen LogP contribution in [0.5, 0.6) is 5.75 Å². The number of hydrogen-bond acceptors (Lipinski definition) is 4. The lowest BCUT2D eigenvalue weighted by Gasteiger charge is -2.36. The summed E-state index contributed by atoms with van der Waals surface area (Å²) >= 11 is 0. The average Bonchev–Trinajstić information content (AvgIpc) is 2.45. The summed E-state index contributed by atoms with van der Waals surface area (Å²) in [5.41, 5.74) is 6.29. The number of nitrogens with zero attached hydrogens (tertiary/aromatic N) is 1. The molecular formula is C15H22N2O3. The zero-order valence-corrected chi connectivity index (χ0v) is 12.0. The monoisotopic (exact) mass is 278 g/mol. The SMILES string of the molecule is COC1CN(C(=O)COc2cccc(N)c2)CCC1C. The molecule has 1 amide bonds. The normalized spacial score (nSPS) is 22.6. The fraction of sp³-hybridized carbons (Fsp3) is 0.533. The Labute approximate surface area is 119 Å². The van der Waals surface area contributed by atoms with Crippen molar-refractivity contribution in [3.63, 3.8) is 0 Å². The van der Waals surface area contributed by atoms with Crippen molar-refractivity contribution in [1.82, 2.24) is 4.90 Å². The van der Waals surface area contributed by atoms with Crippen LogP contribution in [0.25, 0.3) is 0 Å². The molecule has 2 N–H and O–H groups in total. The quantitative estimate of drug-likeness (QED) is 0.848. The first kappa shape index (κ1) is 14.7. The van der Waals surface area contributed by atoms with Gasteiger partial charge in [-0.15, -0.1) is 0 Å². The van der Waals surface area contributed by atoms with E-state index in [0.29, 0.717) is 23.9 Å². The van der Waals surface area contributed by atoms with Crippen LogP contribution in [-0.2, 0) is 9.53 Å². The Balaban J connectivity index is 1.86. The van der Waals surface area contributed by atoms with Crippen LogP contribution in [0.3, 0.4) is 0 Å². The van der Waals surface area contributed by atoms with Gasteiger partial charge in [0.05, 0.1) is 6.10 Å². The smallest absolute Gasteiger partial charge is 0.260 e. The van der Waals surface area contributed by atoms with E-state index in [1.807, 2.05) is 0 Å². The molecule has 0 bridgehead atoms. The van der Waals surface area contributed by atoms with Crippen molar-refractivity contribution in [1.29, 1.82) is 0 Å². The van der Waals surface area contributed by atoms with Crippen LogP contribution in [0, 0.1) is 5.92 Å². The lowest BCUT2D eigenvalue weighted by molar-refractivity contribution is -0.138. The van der Waals surface area contributed by atoms with Gasteiger partial charge in [0.2, 0.25) is 0 Å². The number of nitrogen functional groups attached to an aromatic ring is 1. The van der Waals surface area contributed by atoms with Crippen molar-refractivity contribution in [3.05, 3.63) is 24.3 Å². The zero-order chi connectivity index (χ0) is 14.5. The molecule has 1 aromatic carbocycles. The highest BCUT2D eigenvalue weighted by molar-refractivity contribution is 5.78. The minimum absolute atomic E-state index is 0.0126. The van der Waals surface area contributed by atoms with E-state index >= 15 is 0 Å². The number of carbonyl (C=O) groups excluding carboxylic acids is 1. The molecule has 1 saturated heterocycles. The number of piperidine rings is 1. The summed E-state index contributed by atoms with van der Waals surface area (Å²) in [7, 11) is 1.69. The van der Waals surface area contributed by atoms with Gasteiger partial charge in [-0.25, -0.2) is 0 Å². The van der Waals surface area contributed by atoms with Crippen molar-refractivity contribution in [2.24, 2.45) is 5.92 Å². The Bertz CT molecular complexity index is 464. The highest BCUT2D eigenvalue weighted by Crippen LogP contribution is 2.20. The third kappa shape index (κ3) is 3.63. The number of rotatable bonds is 4. The highest BCUT2D eigenvalue weighted by Gasteiger charge is 2.28. The van der Waals surface area contributed by atoms with Crippen LogP contribution < -0.4 is 10.5 Å². The molecule has 1 heterocycles. The molecule has 0 aliphatic carbocycles. The van der Waals surface area contributed by atoms with E-state index in [1.165, 1.54) is 0 Å². The van der Waals surface area contributed by atoms with Crippen LogP contribution in [0.1, 0.15) is 13.3 Å². The summed E-state index contributed by atoms with van der Waals surface area (Å²) < 4.78 is 10.9. The number of nitrogens with two attached hydrogens (primary N) is 1. The molecule has 5 heteroatoms. The van der Waals surface area contributed by atoms with E-state index in [4.69, 9.17) is 15.2 Å². The Kier molecular flexibility index (Phi) is 4.84. The van der Waals surface area contributed by atoms with Crippen LogP contribution in [0.2, 0.25) is 0 Å². The molecule has 0 saturated carbocycles. The van der Waals surface area contributed by atoms with Gasteiger partial charge in [-0.2, -0.15) is 0 Å². The first-order valence-electron chi connectivity index (χ1n) is 6.89. The standard InChI is InChI=1S/C15H22N2O3/c1-11-6-7-17(9-14(11)19-2)15(18)10-20-13-5-3-4-12(16)8-13/h3-5,8,11,14H,6-7,9-10,16H2,1-2H3. The number of likely N-dealkylation sites (tertiary alicyclic amines) is 1. The van der Waals surface area contributed by atoms with Gasteiger partial charge in [-0.05, 0) is 24.5 Å². The van der Waals surface area contributed by atoms with E-state index < -0.39 is 0 Å². The molecule has 2 atom stereocenters. The summed E-state index contributed by atoms with van der Waals surface area (Å²) in [5, 5.41) is 0. The molecule has 2 unspecified atom stereocenters. The molecule has 2 rings (SSSR count). The number of amides is 1. The van der Waals surface area contributed by atoms with Crippen LogP contribution in [0.15, 0.2) is 24.3 Å².